The molecule has 5 nitrogen and oxygen atoms in total. The maximum Gasteiger partial charge on any atom is 0.190 e. The van der Waals surface area contributed by atoms with Crippen LogP contribution < -0.4 is 5.73 Å². The Labute approximate surface area is 124 Å². The molecule has 0 atom stereocenters. The molecular formula is C13H9Cl2N5. The standard InChI is InChI=1S/C13H9Cl2N5/c14-8-4-1-2-7-11(8)20-13(17-18-19-20)12-9(15)5-3-6-10(12)16/h1-7H,16H2. The lowest BCUT2D eigenvalue weighted by Gasteiger charge is -2.09. The lowest BCUT2D eigenvalue weighted by molar-refractivity contribution is 0.791. The van der Waals surface area contributed by atoms with Gasteiger partial charge in [0.25, 0.3) is 0 Å². The summed E-state index contributed by atoms with van der Waals surface area (Å²) in [5.74, 6) is 0.446. The number of nitrogens with zero attached hydrogens (tertiary/aromatic N) is 4. The summed E-state index contributed by atoms with van der Waals surface area (Å²) in [7, 11) is 0. The maximum absolute atomic E-state index is 6.20. The van der Waals surface area contributed by atoms with Gasteiger partial charge in [-0.1, -0.05) is 41.4 Å². The largest absolute Gasteiger partial charge is 0.398 e. The number of tetrazole rings is 1. The van der Waals surface area contributed by atoms with Gasteiger partial charge in [-0.2, -0.15) is 4.68 Å². The summed E-state index contributed by atoms with van der Waals surface area (Å²) in [5.41, 5.74) is 7.71. The highest BCUT2D eigenvalue weighted by atomic mass is 35.5. The van der Waals surface area contributed by atoms with E-state index in [0.29, 0.717) is 32.8 Å². The van der Waals surface area contributed by atoms with Crippen LogP contribution in [0.4, 0.5) is 5.69 Å². The Morgan fingerprint density at radius 2 is 1.70 bits per heavy atom. The van der Waals surface area contributed by atoms with Gasteiger partial charge in [-0.15, -0.1) is 5.10 Å². The molecule has 3 rings (SSSR count). The number of nitrogen functional groups attached to an aromatic ring is 1. The zero-order chi connectivity index (χ0) is 14.1. The van der Waals surface area contributed by atoms with Crippen molar-refractivity contribution < 1.29 is 0 Å². The number of benzene rings is 2. The van der Waals surface area contributed by atoms with Crippen molar-refractivity contribution in [1.82, 2.24) is 20.2 Å². The number of aromatic nitrogens is 4. The van der Waals surface area contributed by atoms with E-state index >= 15 is 0 Å². The van der Waals surface area contributed by atoms with Crippen molar-refractivity contribution in [3.05, 3.63) is 52.5 Å². The molecule has 0 bridgehead atoms. The fourth-order valence-electron chi connectivity index (χ4n) is 1.91. The number of anilines is 1. The molecule has 0 unspecified atom stereocenters. The van der Waals surface area contributed by atoms with Gasteiger partial charge in [-0.3, -0.25) is 0 Å². The van der Waals surface area contributed by atoms with Gasteiger partial charge >= 0.3 is 0 Å². The second kappa shape index (κ2) is 5.11. The molecule has 1 aromatic heterocycles. The van der Waals surface area contributed by atoms with Crippen LogP contribution in [0.1, 0.15) is 0 Å². The fourth-order valence-corrected chi connectivity index (χ4v) is 2.39. The smallest absolute Gasteiger partial charge is 0.190 e. The van der Waals surface area contributed by atoms with Gasteiger partial charge in [0.1, 0.15) is 0 Å². The molecule has 0 spiro atoms. The molecule has 0 aliphatic carbocycles. The number of hydrogen-bond donors (Lipinski definition) is 1. The first kappa shape index (κ1) is 12.9. The van der Waals surface area contributed by atoms with Gasteiger partial charge in [-0.25, -0.2) is 0 Å². The predicted molar refractivity (Wildman–Crippen MR) is 79.0 cm³/mol. The summed E-state index contributed by atoms with van der Waals surface area (Å²) in [6.07, 6.45) is 0. The summed E-state index contributed by atoms with van der Waals surface area (Å²) in [5, 5.41) is 12.7. The highest BCUT2D eigenvalue weighted by Gasteiger charge is 2.17. The molecule has 0 fully saturated rings. The van der Waals surface area contributed by atoms with Crippen molar-refractivity contribution in [3.63, 3.8) is 0 Å². The van der Waals surface area contributed by atoms with Crippen LogP contribution in [-0.4, -0.2) is 20.2 Å². The average molecular weight is 306 g/mol. The molecule has 20 heavy (non-hydrogen) atoms. The third-order valence-electron chi connectivity index (χ3n) is 2.82. The lowest BCUT2D eigenvalue weighted by Crippen LogP contribution is -2.02. The Morgan fingerprint density at radius 1 is 0.950 bits per heavy atom. The van der Waals surface area contributed by atoms with E-state index in [2.05, 4.69) is 15.5 Å². The molecule has 7 heteroatoms. The van der Waals surface area contributed by atoms with E-state index in [0.717, 1.165) is 0 Å². The van der Waals surface area contributed by atoms with Crippen LogP contribution in [0.2, 0.25) is 10.0 Å². The first-order chi connectivity index (χ1) is 9.68. The highest BCUT2D eigenvalue weighted by Crippen LogP contribution is 2.33. The molecule has 0 amide bonds. The molecule has 0 aliphatic rings. The maximum atomic E-state index is 6.20. The van der Waals surface area contributed by atoms with Crippen LogP contribution >= 0.6 is 23.2 Å². The molecule has 0 radical (unpaired) electrons. The summed E-state index contributed by atoms with van der Waals surface area (Å²) in [4.78, 5) is 0. The van der Waals surface area contributed by atoms with Crippen molar-refractivity contribution in [2.24, 2.45) is 0 Å². The lowest BCUT2D eigenvalue weighted by atomic mass is 10.1. The Balaban J connectivity index is 2.24. The number of halogens is 2. The summed E-state index contributed by atoms with van der Waals surface area (Å²) < 4.78 is 1.51. The molecule has 2 N–H and O–H groups in total. The van der Waals surface area contributed by atoms with Crippen LogP contribution in [0.3, 0.4) is 0 Å². The minimum atomic E-state index is 0.446. The number of rotatable bonds is 2. The molecule has 0 aliphatic heterocycles. The average Bonchev–Trinajstić information content (AvgIpc) is 2.88. The van der Waals surface area contributed by atoms with Crippen molar-refractivity contribution in [2.75, 3.05) is 5.73 Å². The first-order valence-electron chi connectivity index (χ1n) is 5.76. The third kappa shape index (κ3) is 2.11. The monoisotopic (exact) mass is 305 g/mol. The molecule has 0 saturated heterocycles. The van der Waals surface area contributed by atoms with E-state index in [4.69, 9.17) is 28.9 Å². The first-order valence-corrected chi connectivity index (χ1v) is 6.51. The molecule has 3 aromatic rings. The highest BCUT2D eigenvalue weighted by molar-refractivity contribution is 6.34. The Hall–Kier alpha value is -2.11. The zero-order valence-electron chi connectivity index (χ0n) is 10.2. The van der Waals surface area contributed by atoms with Gasteiger partial charge < -0.3 is 5.73 Å². The molecule has 1 heterocycles. The number of para-hydroxylation sites is 1. The normalized spacial score (nSPS) is 10.7. The van der Waals surface area contributed by atoms with Gasteiger partial charge in [-0.05, 0) is 34.7 Å². The second-order valence-electron chi connectivity index (χ2n) is 4.07. The van der Waals surface area contributed by atoms with Crippen LogP contribution in [0.15, 0.2) is 42.5 Å². The van der Waals surface area contributed by atoms with Crippen LogP contribution in [-0.2, 0) is 0 Å². The predicted octanol–water partition coefficient (Wildman–Crippen LogP) is 3.22. The van der Waals surface area contributed by atoms with E-state index in [9.17, 15) is 0 Å². The molecule has 2 aromatic carbocycles. The summed E-state index contributed by atoms with van der Waals surface area (Å²) in [6.45, 7) is 0. The summed E-state index contributed by atoms with van der Waals surface area (Å²) >= 11 is 12.4. The Morgan fingerprint density at radius 3 is 2.45 bits per heavy atom. The number of nitrogens with two attached hydrogens (primary N) is 1. The minimum absolute atomic E-state index is 0.446. The third-order valence-corrected chi connectivity index (χ3v) is 3.45. The van der Waals surface area contributed by atoms with E-state index in [1.165, 1.54) is 4.68 Å². The molecule has 100 valence electrons. The van der Waals surface area contributed by atoms with Crippen molar-refractivity contribution in [3.8, 4) is 17.1 Å². The number of hydrogen-bond acceptors (Lipinski definition) is 4. The van der Waals surface area contributed by atoms with E-state index in [-0.39, 0.29) is 0 Å². The van der Waals surface area contributed by atoms with Crippen molar-refractivity contribution >= 4 is 28.9 Å². The van der Waals surface area contributed by atoms with E-state index in [1.54, 1.807) is 24.3 Å². The van der Waals surface area contributed by atoms with Gasteiger partial charge in [0.2, 0.25) is 0 Å². The molecule has 0 saturated carbocycles. The van der Waals surface area contributed by atoms with Gasteiger partial charge in [0.15, 0.2) is 5.82 Å². The van der Waals surface area contributed by atoms with Crippen molar-refractivity contribution in [1.29, 1.82) is 0 Å². The fraction of sp³-hybridized carbons (Fsp3) is 0. The quantitative estimate of drug-likeness (QED) is 0.738. The second-order valence-corrected chi connectivity index (χ2v) is 4.88. The molecular weight excluding hydrogens is 297 g/mol. The van der Waals surface area contributed by atoms with E-state index < -0.39 is 0 Å². The van der Waals surface area contributed by atoms with E-state index in [1.807, 2.05) is 18.2 Å². The topological polar surface area (TPSA) is 69.6 Å². The van der Waals surface area contributed by atoms with Crippen LogP contribution in [0.5, 0.6) is 0 Å². The van der Waals surface area contributed by atoms with Crippen LogP contribution in [0.25, 0.3) is 17.1 Å². The SMILES string of the molecule is Nc1cccc(Cl)c1-c1nnnn1-c1ccccc1Cl. The summed E-state index contributed by atoms with van der Waals surface area (Å²) in [6, 6.07) is 12.5. The minimum Gasteiger partial charge on any atom is -0.398 e. The zero-order valence-corrected chi connectivity index (χ0v) is 11.7. The van der Waals surface area contributed by atoms with Gasteiger partial charge in [0, 0.05) is 5.69 Å². The van der Waals surface area contributed by atoms with Crippen LogP contribution in [0, 0.1) is 0 Å². The van der Waals surface area contributed by atoms with Gasteiger partial charge in [0.05, 0.1) is 21.3 Å². The Bertz CT molecular complexity index is 749. The van der Waals surface area contributed by atoms with Crippen molar-refractivity contribution in [2.45, 2.75) is 0 Å². The Kier molecular flexibility index (Phi) is 3.30.